The van der Waals surface area contributed by atoms with Crippen molar-refractivity contribution in [2.24, 2.45) is 0 Å². The van der Waals surface area contributed by atoms with Crippen LogP contribution < -0.4 is 0 Å². The lowest BCUT2D eigenvalue weighted by Crippen LogP contribution is -1.94. The molecule has 0 heterocycles. The first-order chi connectivity index (χ1) is 6.95. The highest BCUT2D eigenvalue weighted by Crippen LogP contribution is 2.37. The Kier molecular flexibility index (Phi) is 1.66. The Balaban J connectivity index is 2.06. The third-order valence-corrected chi connectivity index (χ3v) is 2.96. The molecule has 2 aliphatic rings. The Labute approximate surface area is 84.3 Å². The Morgan fingerprint density at radius 1 is 1.07 bits per heavy atom. The van der Waals surface area contributed by atoms with Crippen LogP contribution in [0.3, 0.4) is 0 Å². The zero-order valence-corrected chi connectivity index (χ0v) is 7.98. The van der Waals surface area contributed by atoms with Crippen molar-refractivity contribution in [2.75, 3.05) is 0 Å². The van der Waals surface area contributed by atoms with Crippen molar-refractivity contribution in [2.45, 2.75) is 12.3 Å². The summed E-state index contributed by atoms with van der Waals surface area (Å²) in [4.78, 5) is 0. The van der Waals surface area contributed by atoms with Crippen LogP contribution >= 0.6 is 0 Å². The van der Waals surface area contributed by atoms with Gasteiger partial charge in [0.15, 0.2) is 0 Å². The summed E-state index contributed by atoms with van der Waals surface area (Å²) in [6, 6.07) is 8.64. The Bertz CT molecular complexity index is 447. The molecule has 3 rings (SSSR count). The molecule has 14 heavy (non-hydrogen) atoms. The zero-order valence-electron chi connectivity index (χ0n) is 7.98. The fourth-order valence-corrected chi connectivity index (χ4v) is 2.25. The molecule has 0 N–H and O–H groups in total. The van der Waals surface area contributed by atoms with E-state index in [0.29, 0.717) is 5.92 Å². The topological polar surface area (TPSA) is 0 Å². The van der Waals surface area contributed by atoms with Gasteiger partial charge in [-0.1, -0.05) is 54.6 Å². The van der Waals surface area contributed by atoms with Crippen LogP contribution in [0.15, 0.2) is 54.1 Å². The van der Waals surface area contributed by atoms with Gasteiger partial charge in [0, 0.05) is 5.92 Å². The molecule has 1 unspecified atom stereocenters. The predicted molar refractivity (Wildman–Crippen MR) is 60.1 cm³/mol. The van der Waals surface area contributed by atoms with Gasteiger partial charge in [-0.25, -0.2) is 0 Å². The summed E-state index contributed by atoms with van der Waals surface area (Å²) in [5.74, 6) is 0.505. The van der Waals surface area contributed by atoms with Crippen molar-refractivity contribution >= 4 is 6.08 Å². The van der Waals surface area contributed by atoms with Crippen molar-refractivity contribution in [3.63, 3.8) is 0 Å². The molecule has 0 aromatic heterocycles. The van der Waals surface area contributed by atoms with Crippen LogP contribution in [0.2, 0.25) is 0 Å². The largest absolute Gasteiger partial charge is 0.0804 e. The van der Waals surface area contributed by atoms with Gasteiger partial charge in [-0.2, -0.15) is 0 Å². The Hall–Kier alpha value is -1.56. The van der Waals surface area contributed by atoms with Crippen molar-refractivity contribution in [1.82, 2.24) is 0 Å². The van der Waals surface area contributed by atoms with Crippen LogP contribution in [-0.4, -0.2) is 0 Å². The summed E-state index contributed by atoms with van der Waals surface area (Å²) in [7, 11) is 0. The van der Waals surface area contributed by atoms with Gasteiger partial charge >= 0.3 is 0 Å². The molecule has 0 saturated heterocycles. The van der Waals surface area contributed by atoms with E-state index in [9.17, 15) is 0 Å². The lowest BCUT2D eigenvalue weighted by Gasteiger charge is -2.10. The highest BCUT2D eigenvalue weighted by Gasteiger charge is 2.19. The fourth-order valence-electron chi connectivity index (χ4n) is 2.25. The minimum absolute atomic E-state index is 0.505. The molecule has 0 aliphatic heterocycles. The minimum atomic E-state index is 0.505. The molecule has 68 valence electrons. The number of allylic oxidation sites excluding steroid dienone is 5. The quantitative estimate of drug-likeness (QED) is 0.618. The van der Waals surface area contributed by atoms with E-state index < -0.39 is 0 Å². The monoisotopic (exact) mass is 180 g/mol. The summed E-state index contributed by atoms with van der Waals surface area (Å²) >= 11 is 0. The van der Waals surface area contributed by atoms with Crippen LogP contribution in [0.5, 0.6) is 0 Å². The number of fused-ring (bicyclic) bond motifs is 1. The Morgan fingerprint density at radius 2 is 2.00 bits per heavy atom. The second-order valence-corrected chi connectivity index (χ2v) is 3.81. The summed E-state index contributed by atoms with van der Waals surface area (Å²) in [5.41, 5.74) is 4.27. The second kappa shape index (κ2) is 2.98. The standard InChI is InChI=1S/C14H12/c1-2-6-11(5-1)14-10-9-12-7-3-4-8-13(12)14/h1,3-10,14H,2H2. The van der Waals surface area contributed by atoms with Crippen molar-refractivity contribution < 1.29 is 0 Å². The van der Waals surface area contributed by atoms with Crippen molar-refractivity contribution in [3.8, 4) is 0 Å². The van der Waals surface area contributed by atoms with Gasteiger partial charge in [0.2, 0.25) is 0 Å². The third kappa shape index (κ3) is 1.07. The lowest BCUT2D eigenvalue weighted by molar-refractivity contribution is 1.05. The molecule has 0 nitrogen and oxygen atoms in total. The Morgan fingerprint density at radius 3 is 2.86 bits per heavy atom. The molecule has 1 atom stereocenters. The molecule has 0 saturated carbocycles. The van der Waals surface area contributed by atoms with Gasteiger partial charge in [-0.3, -0.25) is 0 Å². The average molecular weight is 180 g/mol. The molecule has 0 fully saturated rings. The molecule has 1 aromatic carbocycles. The highest BCUT2D eigenvalue weighted by atomic mass is 14.2. The normalized spacial score (nSPS) is 22.6. The third-order valence-electron chi connectivity index (χ3n) is 2.96. The first kappa shape index (κ1) is 7.81. The van der Waals surface area contributed by atoms with Gasteiger partial charge in [0.25, 0.3) is 0 Å². The van der Waals surface area contributed by atoms with Gasteiger partial charge in [0.05, 0.1) is 0 Å². The van der Waals surface area contributed by atoms with Gasteiger partial charge < -0.3 is 0 Å². The molecule has 0 radical (unpaired) electrons. The molecular weight excluding hydrogens is 168 g/mol. The molecule has 0 spiro atoms. The number of hydrogen-bond donors (Lipinski definition) is 0. The van der Waals surface area contributed by atoms with Crippen LogP contribution in [0.25, 0.3) is 6.08 Å². The zero-order chi connectivity index (χ0) is 9.38. The van der Waals surface area contributed by atoms with Gasteiger partial charge in [-0.05, 0) is 23.1 Å². The van der Waals surface area contributed by atoms with E-state index in [0.717, 1.165) is 6.42 Å². The summed E-state index contributed by atoms with van der Waals surface area (Å²) in [6.07, 6.45) is 12.4. The van der Waals surface area contributed by atoms with Gasteiger partial charge in [-0.15, -0.1) is 0 Å². The van der Waals surface area contributed by atoms with Crippen LogP contribution in [-0.2, 0) is 0 Å². The maximum atomic E-state index is 2.32. The van der Waals surface area contributed by atoms with E-state index in [4.69, 9.17) is 0 Å². The summed E-state index contributed by atoms with van der Waals surface area (Å²) in [5, 5.41) is 0. The molecule has 0 amide bonds. The minimum Gasteiger partial charge on any atom is -0.0804 e. The predicted octanol–water partition coefficient (Wildman–Crippen LogP) is 3.68. The van der Waals surface area contributed by atoms with E-state index in [1.807, 2.05) is 0 Å². The maximum absolute atomic E-state index is 2.32. The van der Waals surface area contributed by atoms with Crippen LogP contribution in [0.1, 0.15) is 23.5 Å². The number of rotatable bonds is 1. The van der Waals surface area contributed by atoms with E-state index in [1.165, 1.54) is 16.7 Å². The SMILES string of the molecule is C1=CC(C2C=Cc3ccccc32)=CC1. The highest BCUT2D eigenvalue weighted by molar-refractivity contribution is 5.66. The second-order valence-electron chi connectivity index (χ2n) is 3.81. The van der Waals surface area contributed by atoms with E-state index in [2.05, 4.69) is 54.6 Å². The number of hydrogen-bond acceptors (Lipinski definition) is 0. The smallest absolute Gasteiger partial charge is 0.0275 e. The first-order valence-electron chi connectivity index (χ1n) is 5.09. The van der Waals surface area contributed by atoms with E-state index >= 15 is 0 Å². The van der Waals surface area contributed by atoms with Crippen molar-refractivity contribution in [3.05, 3.63) is 65.3 Å². The summed E-state index contributed by atoms with van der Waals surface area (Å²) < 4.78 is 0. The maximum Gasteiger partial charge on any atom is 0.0275 e. The molecule has 1 aromatic rings. The van der Waals surface area contributed by atoms with Crippen molar-refractivity contribution in [1.29, 1.82) is 0 Å². The van der Waals surface area contributed by atoms with Gasteiger partial charge in [0.1, 0.15) is 0 Å². The first-order valence-corrected chi connectivity index (χ1v) is 5.09. The average Bonchev–Trinajstić information content (AvgIpc) is 2.85. The molecule has 0 bridgehead atoms. The van der Waals surface area contributed by atoms with Crippen LogP contribution in [0, 0.1) is 0 Å². The van der Waals surface area contributed by atoms with E-state index in [-0.39, 0.29) is 0 Å². The number of benzene rings is 1. The fraction of sp³-hybridized carbons (Fsp3) is 0.143. The molecule has 2 aliphatic carbocycles. The summed E-state index contributed by atoms with van der Waals surface area (Å²) in [6.45, 7) is 0. The lowest BCUT2D eigenvalue weighted by atomic mass is 9.94. The van der Waals surface area contributed by atoms with Crippen LogP contribution in [0.4, 0.5) is 0 Å². The van der Waals surface area contributed by atoms with E-state index in [1.54, 1.807) is 0 Å². The molecule has 0 heteroatoms. The molecular formula is C14H12.